The van der Waals surface area contributed by atoms with Gasteiger partial charge in [-0.1, -0.05) is 12.1 Å². The highest BCUT2D eigenvalue weighted by atomic mass is 16.5. The lowest BCUT2D eigenvalue weighted by molar-refractivity contribution is 0.357. The van der Waals surface area contributed by atoms with E-state index in [1.165, 1.54) is 10.4 Å². The number of nitrogens with two attached hydrogens (primary N) is 1. The molecular formula is C12H14N4O. The molecule has 1 aliphatic heterocycles. The van der Waals surface area contributed by atoms with Crippen LogP contribution in [0.15, 0.2) is 24.4 Å². The third-order valence-electron chi connectivity index (χ3n) is 3.01. The summed E-state index contributed by atoms with van der Waals surface area (Å²) in [6, 6.07) is 5.84. The maximum absolute atomic E-state index is 6.17. The molecular weight excluding hydrogens is 216 g/mol. The van der Waals surface area contributed by atoms with E-state index in [2.05, 4.69) is 16.3 Å². The average Bonchev–Trinajstić information content (AvgIpc) is 2.95. The van der Waals surface area contributed by atoms with Crippen LogP contribution in [0.5, 0.6) is 5.75 Å². The molecule has 1 aromatic carbocycles. The van der Waals surface area contributed by atoms with Crippen LogP contribution >= 0.6 is 0 Å². The lowest BCUT2D eigenvalue weighted by Gasteiger charge is -2.10. The molecule has 1 aromatic heterocycles. The normalized spacial score (nSPS) is 15.4. The Bertz CT molecular complexity index is 549. The van der Waals surface area contributed by atoms with E-state index >= 15 is 0 Å². The van der Waals surface area contributed by atoms with Gasteiger partial charge in [0, 0.05) is 13.5 Å². The molecule has 0 spiro atoms. The van der Waals surface area contributed by atoms with Crippen LogP contribution in [0.4, 0.5) is 0 Å². The third-order valence-corrected chi connectivity index (χ3v) is 3.01. The van der Waals surface area contributed by atoms with E-state index in [1.807, 2.05) is 12.1 Å². The zero-order chi connectivity index (χ0) is 11.8. The first-order valence-corrected chi connectivity index (χ1v) is 5.61. The molecule has 88 valence electrons. The van der Waals surface area contributed by atoms with Crippen molar-refractivity contribution >= 4 is 0 Å². The molecule has 0 saturated carbocycles. The minimum atomic E-state index is -0.227. The first-order chi connectivity index (χ1) is 8.24. The van der Waals surface area contributed by atoms with Gasteiger partial charge in [0.1, 0.15) is 11.4 Å². The van der Waals surface area contributed by atoms with Crippen molar-refractivity contribution in [3.63, 3.8) is 0 Å². The van der Waals surface area contributed by atoms with Crippen molar-refractivity contribution in [3.8, 4) is 5.75 Å². The van der Waals surface area contributed by atoms with Gasteiger partial charge in [-0.3, -0.25) is 0 Å². The molecule has 0 saturated heterocycles. The second kappa shape index (κ2) is 3.85. The van der Waals surface area contributed by atoms with Gasteiger partial charge in [-0.05, 0) is 17.2 Å². The number of nitrogens with zero attached hydrogens (tertiary/aromatic N) is 3. The summed E-state index contributed by atoms with van der Waals surface area (Å²) in [5.74, 6) is 0.972. The molecule has 0 fully saturated rings. The summed E-state index contributed by atoms with van der Waals surface area (Å²) in [5.41, 5.74) is 9.23. The van der Waals surface area contributed by atoms with Crippen LogP contribution < -0.4 is 10.5 Å². The summed E-state index contributed by atoms with van der Waals surface area (Å²) in [4.78, 5) is 1.52. The average molecular weight is 230 g/mol. The van der Waals surface area contributed by atoms with Crippen molar-refractivity contribution in [1.82, 2.24) is 15.0 Å². The van der Waals surface area contributed by atoms with Crippen LogP contribution in [0.1, 0.15) is 22.9 Å². The van der Waals surface area contributed by atoms with Crippen LogP contribution in [0.25, 0.3) is 0 Å². The predicted octanol–water partition coefficient (Wildman–Crippen LogP) is 0.798. The predicted molar refractivity (Wildman–Crippen MR) is 62.7 cm³/mol. The summed E-state index contributed by atoms with van der Waals surface area (Å²) >= 11 is 0. The van der Waals surface area contributed by atoms with Gasteiger partial charge in [0.05, 0.1) is 18.8 Å². The molecule has 1 atom stereocenters. The second-order valence-electron chi connectivity index (χ2n) is 4.20. The molecule has 2 heterocycles. The van der Waals surface area contributed by atoms with Gasteiger partial charge in [-0.2, -0.15) is 15.0 Å². The van der Waals surface area contributed by atoms with Crippen LogP contribution in [0.2, 0.25) is 0 Å². The Hall–Kier alpha value is -1.88. The number of fused-ring (bicyclic) bond motifs is 1. The Balaban J connectivity index is 1.94. The largest absolute Gasteiger partial charge is 0.493 e. The van der Waals surface area contributed by atoms with E-state index in [1.54, 1.807) is 13.2 Å². The van der Waals surface area contributed by atoms with Gasteiger partial charge in [0.15, 0.2) is 0 Å². The molecule has 0 aliphatic carbocycles. The SMILES string of the molecule is Cn1ncc(C(N)c2ccc3c(c2)CCO3)n1. The number of aromatic nitrogens is 3. The fourth-order valence-electron chi connectivity index (χ4n) is 2.07. The lowest BCUT2D eigenvalue weighted by Crippen LogP contribution is -2.13. The summed E-state index contributed by atoms with van der Waals surface area (Å²) < 4.78 is 5.47. The van der Waals surface area contributed by atoms with Gasteiger partial charge in [-0.25, -0.2) is 0 Å². The van der Waals surface area contributed by atoms with Gasteiger partial charge in [0.25, 0.3) is 0 Å². The van der Waals surface area contributed by atoms with E-state index in [0.29, 0.717) is 0 Å². The lowest BCUT2D eigenvalue weighted by atomic mass is 10.0. The summed E-state index contributed by atoms with van der Waals surface area (Å²) in [5, 5.41) is 8.27. The number of ether oxygens (including phenoxy) is 1. The molecule has 1 unspecified atom stereocenters. The maximum Gasteiger partial charge on any atom is 0.122 e. The standard InChI is InChI=1S/C12H14N4O/c1-16-14-7-10(15-16)12(13)9-2-3-11-8(6-9)4-5-17-11/h2-3,6-7,12H,4-5,13H2,1H3. The van der Waals surface area contributed by atoms with E-state index in [-0.39, 0.29) is 6.04 Å². The first kappa shape index (κ1) is 10.3. The Labute approximate surface area is 99.2 Å². The Morgan fingerprint density at radius 1 is 1.47 bits per heavy atom. The van der Waals surface area contributed by atoms with Gasteiger partial charge < -0.3 is 10.5 Å². The molecule has 5 nitrogen and oxygen atoms in total. The number of aryl methyl sites for hydroxylation is 1. The van der Waals surface area contributed by atoms with E-state index in [4.69, 9.17) is 10.5 Å². The molecule has 0 amide bonds. The number of hydrogen-bond acceptors (Lipinski definition) is 4. The van der Waals surface area contributed by atoms with Crippen molar-refractivity contribution < 1.29 is 4.74 Å². The van der Waals surface area contributed by atoms with Crippen molar-refractivity contribution in [3.05, 3.63) is 41.2 Å². The number of rotatable bonds is 2. The van der Waals surface area contributed by atoms with E-state index < -0.39 is 0 Å². The van der Waals surface area contributed by atoms with Gasteiger partial charge >= 0.3 is 0 Å². The highest BCUT2D eigenvalue weighted by Crippen LogP contribution is 2.28. The zero-order valence-corrected chi connectivity index (χ0v) is 9.63. The van der Waals surface area contributed by atoms with Gasteiger partial charge in [0.2, 0.25) is 0 Å². The van der Waals surface area contributed by atoms with Crippen LogP contribution in [0, 0.1) is 0 Å². The molecule has 0 bridgehead atoms. The van der Waals surface area contributed by atoms with Crippen molar-refractivity contribution in [2.75, 3.05) is 6.61 Å². The van der Waals surface area contributed by atoms with E-state index in [0.717, 1.165) is 30.0 Å². The fraction of sp³-hybridized carbons (Fsp3) is 0.333. The number of benzene rings is 1. The second-order valence-corrected chi connectivity index (χ2v) is 4.20. The zero-order valence-electron chi connectivity index (χ0n) is 9.63. The summed E-state index contributed by atoms with van der Waals surface area (Å²) in [6.07, 6.45) is 2.66. The Morgan fingerprint density at radius 3 is 3.12 bits per heavy atom. The minimum Gasteiger partial charge on any atom is -0.493 e. The third kappa shape index (κ3) is 1.78. The monoisotopic (exact) mass is 230 g/mol. The Morgan fingerprint density at radius 2 is 2.35 bits per heavy atom. The fourth-order valence-corrected chi connectivity index (χ4v) is 2.07. The minimum absolute atomic E-state index is 0.227. The maximum atomic E-state index is 6.17. The molecule has 1 aliphatic rings. The first-order valence-electron chi connectivity index (χ1n) is 5.61. The quantitative estimate of drug-likeness (QED) is 0.828. The van der Waals surface area contributed by atoms with Crippen molar-refractivity contribution in [2.24, 2.45) is 12.8 Å². The van der Waals surface area contributed by atoms with E-state index in [9.17, 15) is 0 Å². The van der Waals surface area contributed by atoms with Crippen molar-refractivity contribution in [1.29, 1.82) is 0 Å². The van der Waals surface area contributed by atoms with Crippen LogP contribution in [0.3, 0.4) is 0 Å². The summed E-state index contributed by atoms with van der Waals surface area (Å²) in [6.45, 7) is 0.763. The van der Waals surface area contributed by atoms with Gasteiger partial charge in [-0.15, -0.1) is 0 Å². The molecule has 17 heavy (non-hydrogen) atoms. The Kier molecular flexibility index (Phi) is 2.33. The highest BCUT2D eigenvalue weighted by molar-refractivity contribution is 5.42. The molecule has 0 radical (unpaired) electrons. The molecule has 3 rings (SSSR count). The summed E-state index contributed by atoms with van der Waals surface area (Å²) in [7, 11) is 1.78. The molecule has 2 aromatic rings. The van der Waals surface area contributed by atoms with Crippen LogP contribution in [-0.2, 0) is 13.5 Å². The molecule has 2 N–H and O–H groups in total. The van der Waals surface area contributed by atoms with Crippen LogP contribution in [-0.4, -0.2) is 21.6 Å². The highest BCUT2D eigenvalue weighted by Gasteiger charge is 2.17. The molecule has 5 heteroatoms. The topological polar surface area (TPSA) is 66.0 Å². The number of hydrogen-bond donors (Lipinski definition) is 1. The smallest absolute Gasteiger partial charge is 0.122 e. The van der Waals surface area contributed by atoms with Crippen molar-refractivity contribution in [2.45, 2.75) is 12.5 Å².